The average Bonchev–Trinajstić information content (AvgIpc) is 3.18. The summed E-state index contributed by atoms with van der Waals surface area (Å²) in [6.45, 7) is 3.84. The van der Waals surface area contributed by atoms with Crippen molar-refractivity contribution in [3.05, 3.63) is 35.9 Å². The number of hydrogen-bond donors (Lipinski definition) is 2. The first-order chi connectivity index (χ1) is 15.8. The fourth-order valence-electron chi connectivity index (χ4n) is 5.17. The topological polar surface area (TPSA) is 113 Å². The van der Waals surface area contributed by atoms with E-state index in [9.17, 15) is 24.3 Å². The number of aliphatic carboxylic acids is 1. The van der Waals surface area contributed by atoms with Gasteiger partial charge in [0.15, 0.2) is 5.78 Å². The van der Waals surface area contributed by atoms with Crippen LogP contribution in [-0.4, -0.2) is 64.9 Å². The molecule has 0 aromatic heterocycles. The maximum absolute atomic E-state index is 13.3. The van der Waals surface area contributed by atoms with Crippen molar-refractivity contribution in [1.82, 2.24) is 10.2 Å². The van der Waals surface area contributed by atoms with Crippen LogP contribution >= 0.6 is 0 Å². The number of carboxylic acids is 1. The van der Waals surface area contributed by atoms with Crippen LogP contribution in [0.15, 0.2) is 30.3 Å². The number of ketones is 1. The van der Waals surface area contributed by atoms with Gasteiger partial charge in [-0.15, -0.1) is 0 Å². The summed E-state index contributed by atoms with van der Waals surface area (Å²) in [5.41, 5.74) is 0.331. The summed E-state index contributed by atoms with van der Waals surface area (Å²) in [6, 6.07) is 5.91. The van der Waals surface area contributed by atoms with Crippen molar-refractivity contribution in [3.8, 4) is 0 Å². The number of likely N-dealkylation sites (tertiary alicyclic amines) is 1. The van der Waals surface area contributed by atoms with Crippen molar-refractivity contribution >= 4 is 23.6 Å². The van der Waals surface area contributed by atoms with Gasteiger partial charge >= 0.3 is 11.9 Å². The van der Waals surface area contributed by atoms with Crippen molar-refractivity contribution in [2.24, 2.45) is 5.41 Å². The van der Waals surface area contributed by atoms with E-state index in [0.717, 1.165) is 32.1 Å². The maximum atomic E-state index is 13.3. The summed E-state index contributed by atoms with van der Waals surface area (Å²) in [4.78, 5) is 52.0. The van der Waals surface area contributed by atoms with Crippen LogP contribution < -0.4 is 5.32 Å². The highest BCUT2D eigenvalue weighted by Crippen LogP contribution is 2.46. The van der Waals surface area contributed by atoms with Crippen LogP contribution in [0.1, 0.15) is 69.2 Å². The Morgan fingerprint density at radius 2 is 1.82 bits per heavy atom. The molecule has 2 fully saturated rings. The number of carboxylic acid groups (broad SMARTS) is 1. The summed E-state index contributed by atoms with van der Waals surface area (Å²) < 4.78 is 5.12. The number of carbonyl (C=O) groups is 4. The first-order valence-electron chi connectivity index (χ1n) is 11.8. The zero-order chi connectivity index (χ0) is 24.0. The normalized spacial score (nSPS) is 21.4. The molecule has 1 spiro atoms. The smallest absolute Gasteiger partial charge is 0.326 e. The number of amides is 1. The molecule has 1 heterocycles. The van der Waals surface area contributed by atoms with Crippen LogP contribution in [0.25, 0.3) is 0 Å². The molecule has 1 aliphatic carbocycles. The Morgan fingerprint density at radius 1 is 1.15 bits per heavy atom. The molecule has 1 aliphatic heterocycles. The van der Waals surface area contributed by atoms with Crippen molar-refractivity contribution in [2.45, 2.75) is 76.9 Å². The summed E-state index contributed by atoms with van der Waals surface area (Å²) in [7, 11) is 0. The largest absolute Gasteiger partial charge is 0.480 e. The van der Waals surface area contributed by atoms with E-state index < -0.39 is 30.1 Å². The Kier molecular flexibility index (Phi) is 8.24. The highest BCUT2D eigenvalue weighted by atomic mass is 16.5. The molecular weight excluding hydrogens is 424 g/mol. The molecule has 3 atom stereocenters. The van der Waals surface area contributed by atoms with E-state index in [2.05, 4.69) is 5.32 Å². The Bertz CT molecular complexity index is 865. The van der Waals surface area contributed by atoms with Crippen LogP contribution in [0, 0.1) is 5.41 Å². The highest BCUT2D eigenvalue weighted by Gasteiger charge is 2.49. The van der Waals surface area contributed by atoms with Crippen LogP contribution in [0.2, 0.25) is 0 Å². The molecule has 1 saturated carbocycles. The molecule has 8 nitrogen and oxygen atoms in total. The third-order valence-electron chi connectivity index (χ3n) is 6.87. The Balaban J connectivity index is 1.72. The van der Waals surface area contributed by atoms with Crippen LogP contribution in [0.5, 0.6) is 0 Å². The number of benzene rings is 1. The number of esters is 1. The van der Waals surface area contributed by atoms with Crippen LogP contribution in [0.3, 0.4) is 0 Å². The molecule has 0 bridgehead atoms. The summed E-state index contributed by atoms with van der Waals surface area (Å²) >= 11 is 0. The van der Waals surface area contributed by atoms with Gasteiger partial charge in [-0.1, -0.05) is 49.6 Å². The number of ether oxygens (including phenoxy) is 1. The van der Waals surface area contributed by atoms with Crippen molar-refractivity contribution < 1.29 is 29.0 Å². The van der Waals surface area contributed by atoms with Gasteiger partial charge in [-0.3, -0.25) is 19.7 Å². The fourth-order valence-corrected chi connectivity index (χ4v) is 5.17. The molecule has 0 radical (unpaired) electrons. The van der Waals surface area contributed by atoms with Gasteiger partial charge < -0.3 is 14.7 Å². The molecule has 1 aromatic carbocycles. The molecular formula is C25H34N2O6. The lowest BCUT2D eigenvalue weighted by Crippen LogP contribution is -2.53. The summed E-state index contributed by atoms with van der Waals surface area (Å²) in [5, 5.41) is 12.7. The Hall–Kier alpha value is -2.74. The highest BCUT2D eigenvalue weighted by molar-refractivity contribution is 5.99. The van der Waals surface area contributed by atoms with E-state index >= 15 is 0 Å². The predicted molar refractivity (Wildman–Crippen MR) is 122 cm³/mol. The minimum absolute atomic E-state index is 0.138. The molecule has 1 aromatic rings. The molecule has 1 saturated heterocycles. The third kappa shape index (κ3) is 5.99. The number of carbonyl (C=O) groups excluding carboxylic acids is 3. The van der Waals surface area contributed by atoms with Gasteiger partial charge in [0, 0.05) is 18.5 Å². The summed E-state index contributed by atoms with van der Waals surface area (Å²) in [5.74, 6) is -2.22. The van der Waals surface area contributed by atoms with Gasteiger partial charge in [0.05, 0.1) is 12.6 Å². The van der Waals surface area contributed by atoms with Gasteiger partial charge in [0.2, 0.25) is 5.91 Å². The van der Waals surface area contributed by atoms with Gasteiger partial charge in [0.25, 0.3) is 0 Å². The van der Waals surface area contributed by atoms with Crippen molar-refractivity contribution in [3.63, 3.8) is 0 Å². The second-order valence-electron chi connectivity index (χ2n) is 9.27. The molecule has 180 valence electrons. The van der Waals surface area contributed by atoms with E-state index in [4.69, 9.17) is 4.74 Å². The van der Waals surface area contributed by atoms with Crippen LogP contribution in [-0.2, 0) is 19.1 Å². The SMILES string of the molecule is CCOC(=O)C(CC(=O)c1ccccc1)NC(C)C(=O)N1CC2(CCCCC2)CC1C(=O)O. The quantitative estimate of drug-likeness (QED) is 0.432. The first-order valence-corrected chi connectivity index (χ1v) is 11.8. The zero-order valence-corrected chi connectivity index (χ0v) is 19.4. The molecule has 2 aliphatic rings. The number of nitrogens with zero attached hydrogens (tertiary/aromatic N) is 1. The van der Waals surface area contributed by atoms with Crippen molar-refractivity contribution in [2.75, 3.05) is 13.2 Å². The van der Waals surface area contributed by atoms with Crippen molar-refractivity contribution in [1.29, 1.82) is 0 Å². The van der Waals surface area contributed by atoms with Gasteiger partial charge in [0.1, 0.15) is 12.1 Å². The lowest BCUT2D eigenvalue weighted by Gasteiger charge is -2.33. The molecule has 3 rings (SSSR count). The minimum atomic E-state index is -1.01. The number of Topliss-reactive ketones (excluding diaryl/α,β-unsaturated/α-hetero) is 1. The monoisotopic (exact) mass is 458 g/mol. The molecule has 33 heavy (non-hydrogen) atoms. The number of rotatable bonds is 9. The molecule has 2 N–H and O–H groups in total. The summed E-state index contributed by atoms with van der Waals surface area (Å²) in [6.07, 6.45) is 5.41. The second kappa shape index (κ2) is 10.9. The zero-order valence-electron chi connectivity index (χ0n) is 19.4. The standard InChI is InChI=1S/C25H34N2O6/c1-3-33-24(32)19(14-21(28)18-10-6-4-7-11-18)26-17(2)22(29)27-16-25(12-8-5-9-13-25)15-20(27)23(30)31/h4,6-7,10-11,17,19-20,26H,3,5,8-9,12-16H2,1-2H3,(H,30,31). The molecule has 8 heteroatoms. The van der Waals surface area contributed by atoms with Gasteiger partial charge in [-0.05, 0) is 38.5 Å². The Morgan fingerprint density at radius 3 is 2.42 bits per heavy atom. The first kappa shape index (κ1) is 24.9. The van der Waals surface area contributed by atoms with E-state index in [1.54, 1.807) is 44.2 Å². The molecule has 1 amide bonds. The molecule has 3 unspecified atom stereocenters. The van der Waals surface area contributed by atoms with E-state index in [1.807, 2.05) is 0 Å². The van der Waals surface area contributed by atoms with E-state index in [1.165, 1.54) is 4.90 Å². The lowest BCUT2D eigenvalue weighted by atomic mass is 9.73. The maximum Gasteiger partial charge on any atom is 0.326 e. The van der Waals surface area contributed by atoms with Crippen LogP contribution in [0.4, 0.5) is 0 Å². The average molecular weight is 459 g/mol. The number of nitrogens with one attached hydrogen (secondary N) is 1. The second-order valence-corrected chi connectivity index (χ2v) is 9.27. The predicted octanol–water partition coefficient (Wildman–Crippen LogP) is 2.81. The lowest BCUT2D eigenvalue weighted by molar-refractivity contribution is -0.150. The fraction of sp³-hybridized carbons (Fsp3) is 0.600. The van der Waals surface area contributed by atoms with Gasteiger partial charge in [-0.25, -0.2) is 4.79 Å². The van der Waals surface area contributed by atoms with Gasteiger partial charge in [-0.2, -0.15) is 0 Å². The van der Waals surface area contributed by atoms with E-state index in [-0.39, 0.29) is 30.1 Å². The third-order valence-corrected chi connectivity index (χ3v) is 6.87. The minimum Gasteiger partial charge on any atom is -0.480 e. The number of hydrogen-bond acceptors (Lipinski definition) is 6. The van der Waals surface area contributed by atoms with E-state index in [0.29, 0.717) is 18.5 Å². The Labute approximate surface area is 194 Å².